The molecule has 98 valence electrons. The van der Waals surface area contributed by atoms with E-state index in [-0.39, 0.29) is 5.91 Å². The summed E-state index contributed by atoms with van der Waals surface area (Å²) >= 11 is 0. The molecule has 0 bridgehead atoms. The molecule has 1 saturated carbocycles. The van der Waals surface area contributed by atoms with Crippen molar-refractivity contribution in [3.63, 3.8) is 0 Å². The van der Waals surface area contributed by atoms with Crippen LogP contribution in [0.5, 0.6) is 0 Å². The van der Waals surface area contributed by atoms with Crippen LogP contribution < -0.4 is 10.6 Å². The quantitative estimate of drug-likeness (QED) is 0.788. The standard InChI is InChI=1S/C14H26N2O/c1-3-11(2)9-13(17)16-12-5-8-15-14(10-12)6-4-7-14/h11-12,15H,3-10H2,1-2H3,(H,16,17). The molecule has 3 heteroatoms. The summed E-state index contributed by atoms with van der Waals surface area (Å²) in [6.45, 7) is 5.36. The second-order valence-electron chi connectivity index (χ2n) is 6.04. The highest BCUT2D eigenvalue weighted by Crippen LogP contribution is 2.38. The largest absolute Gasteiger partial charge is 0.353 e. The molecule has 2 fully saturated rings. The van der Waals surface area contributed by atoms with Gasteiger partial charge >= 0.3 is 0 Å². The number of hydrogen-bond donors (Lipinski definition) is 2. The van der Waals surface area contributed by atoms with Gasteiger partial charge < -0.3 is 10.6 Å². The van der Waals surface area contributed by atoms with Crippen molar-refractivity contribution in [2.45, 2.75) is 70.4 Å². The van der Waals surface area contributed by atoms with Crippen LogP contribution in [0.1, 0.15) is 58.8 Å². The summed E-state index contributed by atoms with van der Waals surface area (Å²) in [6, 6.07) is 0.410. The zero-order chi connectivity index (χ0) is 12.3. The molecular formula is C14H26N2O. The van der Waals surface area contributed by atoms with Crippen LogP contribution in [-0.4, -0.2) is 24.0 Å². The lowest BCUT2D eigenvalue weighted by Gasteiger charge is -2.48. The molecule has 1 heterocycles. The minimum absolute atomic E-state index is 0.251. The molecule has 17 heavy (non-hydrogen) atoms. The summed E-state index contributed by atoms with van der Waals surface area (Å²) in [6.07, 6.45) is 7.94. The van der Waals surface area contributed by atoms with Gasteiger partial charge in [0.1, 0.15) is 0 Å². The Morgan fingerprint density at radius 2 is 2.29 bits per heavy atom. The van der Waals surface area contributed by atoms with Crippen LogP contribution in [0.15, 0.2) is 0 Å². The normalized spacial score (nSPS) is 28.5. The number of hydrogen-bond acceptors (Lipinski definition) is 2. The Hall–Kier alpha value is -0.570. The first-order valence-electron chi connectivity index (χ1n) is 7.18. The lowest BCUT2D eigenvalue weighted by Crippen LogP contribution is -2.59. The number of carbonyl (C=O) groups excluding carboxylic acids is 1. The van der Waals surface area contributed by atoms with Gasteiger partial charge in [0.2, 0.25) is 5.91 Å². The second kappa shape index (κ2) is 5.38. The zero-order valence-corrected chi connectivity index (χ0v) is 11.2. The Labute approximate surface area is 105 Å². The van der Waals surface area contributed by atoms with Crippen LogP contribution in [0.2, 0.25) is 0 Å². The van der Waals surface area contributed by atoms with Crippen molar-refractivity contribution in [3.8, 4) is 0 Å². The minimum Gasteiger partial charge on any atom is -0.353 e. The van der Waals surface area contributed by atoms with Crippen molar-refractivity contribution >= 4 is 5.91 Å². The molecule has 0 radical (unpaired) electrons. The van der Waals surface area contributed by atoms with E-state index in [2.05, 4.69) is 24.5 Å². The Balaban J connectivity index is 1.76. The van der Waals surface area contributed by atoms with Gasteiger partial charge in [-0.05, 0) is 44.6 Å². The van der Waals surface area contributed by atoms with Gasteiger partial charge in [-0.3, -0.25) is 4.79 Å². The Morgan fingerprint density at radius 3 is 2.88 bits per heavy atom. The molecule has 2 rings (SSSR count). The molecule has 1 spiro atoms. The van der Waals surface area contributed by atoms with Crippen molar-refractivity contribution in [3.05, 3.63) is 0 Å². The van der Waals surface area contributed by atoms with Crippen molar-refractivity contribution < 1.29 is 4.79 Å². The monoisotopic (exact) mass is 238 g/mol. The van der Waals surface area contributed by atoms with Crippen LogP contribution in [0.25, 0.3) is 0 Å². The molecule has 1 amide bonds. The third kappa shape index (κ3) is 3.21. The summed E-state index contributed by atoms with van der Waals surface area (Å²) in [5.41, 5.74) is 0.382. The van der Waals surface area contributed by atoms with Gasteiger partial charge in [0.15, 0.2) is 0 Å². The molecular weight excluding hydrogens is 212 g/mol. The summed E-state index contributed by atoms with van der Waals surface area (Å²) in [4.78, 5) is 11.9. The summed E-state index contributed by atoms with van der Waals surface area (Å²) in [5.74, 6) is 0.759. The van der Waals surface area contributed by atoms with E-state index in [9.17, 15) is 4.79 Å². The number of rotatable bonds is 4. The van der Waals surface area contributed by atoms with Gasteiger partial charge in [0.05, 0.1) is 0 Å². The average molecular weight is 238 g/mol. The van der Waals surface area contributed by atoms with Crippen LogP contribution in [0.4, 0.5) is 0 Å². The highest BCUT2D eigenvalue weighted by Gasteiger charge is 2.41. The minimum atomic E-state index is 0.251. The Morgan fingerprint density at radius 1 is 1.53 bits per heavy atom. The van der Waals surface area contributed by atoms with Crippen LogP contribution in [0.3, 0.4) is 0 Å². The van der Waals surface area contributed by atoms with Gasteiger partial charge in [0.25, 0.3) is 0 Å². The van der Waals surface area contributed by atoms with Gasteiger partial charge in [-0.25, -0.2) is 0 Å². The average Bonchev–Trinajstić information content (AvgIpc) is 2.27. The van der Waals surface area contributed by atoms with E-state index in [0.717, 1.165) is 25.8 Å². The molecule has 2 N–H and O–H groups in total. The molecule has 3 nitrogen and oxygen atoms in total. The third-order valence-electron chi connectivity index (χ3n) is 4.54. The van der Waals surface area contributed by atoms with E-state index >= 15 is 0 Å². The van der Waals surface area contributed by atoms with Gasteiger partial charge in [-0.15, -0.1) is 0 Å². The lowest BCUT2D eigenvalue weighted by atomic mass is 9.70. The van der Waals surface area contributed by atoms with Crippen LogP contribution >= 0.6 is 0 Å². The maximum absolute atomic E-state index is 11.9. The molecule has 1 saturated heterocycles. The van der Waals surface area contributed by atoms with Crippen molar-refractivity contribution in [1.29, 1.82) is 0 Å². The number of carbonyl (C=O) groups is 1. The molecule has 1 aliphatic heterocycles. The first-order chi connectivity index (χ1) is 8.13. The van der Waals surface area contributed by atoms with Crippen molar-refractivity contribution in [2.24, 2.45) is 5.92 Å². The molecule has 0 aromatic rings. The number of amides is 1. The van der Waals surface area contributed by atoms with Crippen molar-refractivity contribution in [2.75, 3.05) is 6.54 Å². The SMILES string of the molecule is CCC(C)CC(=O)NC1CCNC2(CCC2)C1. The molecule has 0 aromatic carbocycles. The first kappa shape index (κ1) is 12.9. The first-order valence-corrected chi connectivity index (χ1v) is 7.18. The van der Waals surface area contributed by atoms with Gasteiger partial charge in [-0.2, -0.15) is 0 Å². The van der Waals surface area contributed by atoms with Crippen molar-refractivity contribution in [1.82, 2.24) is 10.6 Å². The third-order valence-corrected chi connectivity index (χ3v) is 4.54. The van der Waals surface area contributed by atoms with E-state index in [0.29, 0.717) is 23.9 Å². The molecule has 1 aliphatic carbocycles. The topological polar surface area (TPSA) is 41.1 Å². The maximum Gasteiger partial charge on any atom is 0.220 e. The summed E-state index contributed by atoms with van der Waals surface area (Å²) in [7, 11) is 0. The fourth-order valence-electron chi connectivity index (χ4n) is 3.01. The van der Waals surface area contributed by atoms with Crippen LogP contribution in [-0.2, 0) is 4.79 Å². The van der Waals surface area contributed by atoms with E-state index in [4.69, 9.17) is 0 Å². The zero-order valence-electron chi connectivity index (χ0n) is 11.2. The van der Waals surface area contributed by atoms with Gasteiger partial charge in [0, 0.05) is 18.0 Å². The number of nitrogens with one attached hydrogen (secondary N) is 2. The smallest absolute Gasteiger partial charge is 0.220 e. The molecule has 2 aliphatic rings. The fraction of sp³-hybridized carbons (Fsp3) is 0.929. The molecule has 0 aromatic heterocycles. The summed E-state index contributed by atoms with van der Waals surface area (Å²) < 4.78 is 0. The number of piperidine rings is 1. The van der Waals surface area contributed by atoms with E-state index in [1.807, 2.05) is 0 Å². The maximum atomic E-state index is 11.9. The molecule has 2 atom stereocenters. The summed E-state index contributed by atoms with van der Waals surface area (Å²) in [5, 5.41) is 6.86. The predicted molar refractivity (Wildman–Crippen MR) is 69.8 cm³/mol. The lowest BCUT2D eigenvalue weighted by molar-refractivity contribution is -0.123. The fourth-order valence-corrected chi connectivity index (χ4v) is 3.01. The Bertz CT molecular complexity index is 273. The predicted octanol–water partition coefficient (Wildman–Crippen LogP) is 2.21. The van der Waals surface area contributed by atoms with E-state index < -0.39 is 0 Å². The second-order valence-corrected chi connectivity index (χ2v) is 6.04. The molecule has 2 unspecified atom stereocenters. The highest BCUT2D eigenvalue weighted by atomic mass is 16.1. The van der Waals surface area contributed by atoms with Gasteiger partial charge in [-0.1, -0.05) is 20.3 Å². The van der Waals surface area contributed by atoms with E-state index in [1.54, 1.807) is 0 Å². The Kier molecular flexibility index (Phi) is 4.08. The van der Waals surface area contributed by atoms with E-state index in [1.165, 1.54) is 19.3 Å². The van der Waals surface area contributed by atoms with Crippen LogP contribution in [0, 0.1) is 5.92 Å². The highest BCUT2D eigenvalue weighted by molar-refractivity contribution is 5.76.